The number of amides is 1. The lowest BCUT2D eigenvalue weighted by atomic mass is 9.89. The summed E-state index contributed by atoms with van der Waals surface area (Å²) >= 11 is 0. The highest BCUT2D eigenvalue weighted by Crippen LogP contribution is 2.27. The van der Waals surface area contributed by atoms with Crippen LogP contribution in [-0.4, -0.2) is 63.8 Å². The Morgan fingerprint density at radius 3 is 2.68 bits per heavy atom. The molecule has 1 N–H and O–H groups in total. The minimum absolute atomic E-state index is 0.133. The highest BCUT2D eigenvalue weighted by Gasteiger charge is 2.21. The van der Waals surface area contributed by atoms with E-state index >= 15 is 0 Å². The van der Waals surface area contributed by atoms with Crippen LogP contribution in [0.2, 0.25) is 0 Å². The number of carbonyl (C=O) groups is 1. The third kappa shape index (κ3) is 5.70. The van der Waals surface area contributed by atoms with E-state index in [0.29, 0.717) is 29.7 Å². The number of methoxy groups -OCH3 is 1. The first-order valence-corrected chi connectivity index (χ1v) is 12.7. The molecule has 1 fully saturated rings. The number of likely N-dealkylation sites (tertiary alicyclic amines) is 1. The van der Waals surface area contributed by atoms with E-state index in [1.165, 1.54) is 5.56 Å². The number of nitrogens with one attached hydrogen (secondary N) is 1. The summed E-state index contributed by atoms with van der Waals surface area (Å²) in [4.78, 5) is 24.4. The summed E-state index contributed by atoms with van der Waals surface area (Å²) in [7, 11) is 1.64. The van der Waals surface area contributed by atoms with E-state index in [-0.39, 0.29) is 5.91 Å². The lowest BCUT2D eigenvalue weighted by Gasteiger charge is -2.32. The summed E-state index contributed by atoms with van der Waals surface area (Å²) in [5, 5.41) is 7.46. The second-order valence-electron chi connectivity index (χ2n) is 9.31. The van der Waals surface area contributed by atoms with Gasteiger partial charge in [0.05, 0.1) is 30.3 Å². The first-order chi connectivity index (χ1) is 18.1. The van der Waals surface area contributed by atoms with E-state index in [2.05, 4.69) is 55.6 Å². The van der Waals surface area contributed by atoms with Crippen molar-refractivity contribution in [3.8, 4) is 23.0 Å². The van der Waals surface area contributed by atoms with Crippen LogP contribution in [-0.2, 0) is 0 Å². The maximum absolute atomic E-state index is 12.9. The van der Waals surface area contributed by atoms with Crippen LogP contribution in [0.15, 0.2) is 73.1 Å². The predicted octanol–water partition coefficient (Wildman–Crippen LogP) is 4.26. The number of aromatic nitrogens is 4. The number of hydrogen-bond acceptors (Lipinski definition) is 6. The van der Waals surface area contributed by atoms with Crippen molar-refractivity contribution in [1.82, 2.24) is 30.0 Å². The van der Waals surface area contributed by atoms with Crippen LogP contribution in [0.5, 0.6) is 5.75 Å². The molecule has 0 atom stereocenters. The summed E-state index contributed by atoms with van der Waals surface area (Å²) in [5.41, 5.74) is 4.32. The minimum Gasteiger partial charge on any atom is -0.497 e. The number of ether oxygens (including phenoxy) is 1. The average Bonchev–Trinajstić information content (AvgIpc) is 3.35. The molecule has 5 rings (SSSR count). The van der Waals surface area contributed by atoms with Gasteiger partial charge in [-0.05, 0) is 62.5 Å². The third-order valence-electron chi connectivity index (χ3n) is 7.02. The van der Waals surface area contributed by atoms with Gasteiger partial charge in [0.15, 0.2) is 0 Å². The van der Waals surface area contributed by atoms with Gasteiger partial charge in [-0.2, -0.15) is 5.10 Å². The molecule has 0 spiro atoms. The average molecular weight is 497 g/mol. The smallest absolute Gasteiger partial charge is 0.254 e. The van der Waals surface area contributed by atoms with Crippen LogP contribution >= 0.6 is 0 Å². The molecule has 3 heterocycles. The molecular weight excluding hydrogens is 464 g/mol. The number of carbonyl (C=O) groups excluding carboxylic acids is 1. The molecule has 1 aliphatic rings. The molecule has 37 heavy (non-hydrogen) atoms. The van der Waals surface area contributed by atoms with Gasteiger partial charge in [0.25, 0.3) is 11.9 Å². The van der Waals surface area contributed by atoms with Crippen molar-refractivity contribution >= 4 is 5.91 Å². The molecule has 8 heteroatoms. The van der Waals surface area contributed by atoms with Gasteiger partial charge in [-0.25, -0.2) is 14.6 Å². The van der Waals surface area contributed by atoms with Crippen molar-refractivity contribution in [2.45, 2.75) is 25.7 Å². The maximum atomic E-state index is 12.9. The second-order valence-corrected chi connectivity index (χ2v) is 9.31. The number of benzene rings is 2. The zero-order valence-electron chi connectivity index (χ0n) is 21.3. The molecule has 8 nitrogen and oxygen atoms in total. The molecule has 1 saturated heterocycles. The highest BCUT2D eigenvalue weighted by atomic mass is 16.5. The normalized spacial score (nSPS) is 14.4. The molecule has 1 aliphatic heterocycles. The lowest BCUT2D eigenvalue weighted by molar-refractivity contribution is 0.0945. The second kappa shape index (κ2) is 11.3. The number of nitrogens with zero attached hydrogens (tertiary/aromatic N) is 5. The SMILES string of the molecule is COc1cccc(-c2ccnc(-n3ncc(C(=O)NCCN4CCC(c5ccccc5)CC4)c3C)n2)c1. The molecule has 1 amide bonds. The van der Waals surface area contributed by atoms with Crippen LogP contribution in [0.1, 0.15) is 40.4 Å². The van der Waals surface area contributed by atoms with Crippen LogP contribution in [0.3, 0.4) is 0 Å². The molecule has 4 aromatic rings. The van der Waals surface area contributed by atoms with Gasteiger partial charge in [0, 0.05) is 24.8 Å². The van der Waals surface area contributed by atoms with Crippen molar-refractivity contribution in [2.24, 2.45) is 0 Å². The van der Waals surface area contributed by atoms with Crippen LogP contribution in [0.4, 0.5) is 0 Å². The number of hydrogen-bond donors (Lipinski definition) is 1. The van der Waals surface area contributed by atoms with Gasteiger partial charge >= 0.3 is 0 Å². The van der Waals surface area contributed by atoms with Crippen LogP contribution < -0.4 is 10.1 Å². The largest absolute Gasteiger partial charge is 0.497 e. The summed E-state index contributed by atoms with van der Waals surface area (Å²) in [6.07, 6.45) is 5.58. The third-order valence-corrected chi connectivity index (χ3v) is 7.02. The zero-order valence-corrected chi connectivity index (χ0v) is 21.3. The van der Waals surface area contributed by atoms with Crippen LogP contribution in [0.25, 0.3) is 17.2 Å². The molecule has 2 aromatic carbocycles. The molecule has 0 aliphatic carbocycles. The molecule has 190 valence electrons. The Morgan fingerprint density at radius 1 is 1.08 bits per heavy atom. The van der Waals surface area contributed by atoms with E-state index in [4.69, 9.17) is 4.74 Å². The van der Waals surface area contributed by atoms with E-state index in [0.717, 1.165) is 49.5 Å². The van der Waals surface area contributed by atoms with Crippen molar-refractivity contribution < 1.29 is 9.53 Å². The summed E-state index contributed by atoms with van der Waals surface area (Å²) in [6.45, 7) is 5.39. The molecule has 0 saturated carbocycles. The minimum atomic E-state index is -0.133. The molecule has 0 bridgehead atoms. The first kappa shape index (κ1) is 24.6. The maximum Gasteiger partial charge on any atom is 0.254 e. The van der Waals surface area contributed by atoms with Gasteiger partial charge in [0.2, 0.25) is 0 Å². The fourth-order valence-electron chi connectivity index (χ4n) is 4.87. The fourth-order valence-corrected chi connectivity index (χ4v) is 4.87. The van der Waals surface area contributed by atoms with Gasteiger partial charge in [0.1, 0.15) is 5.75 Å². The fraction of sp³-hybridized carbons (Fsp3) is 0.310. The van der Waals surface area contributed by atoms with Gasteiger partial charge in [-0.1, -0.05) is 42.5 Å². The molecule has 0 radical (unpaired) electrons. The van der Waals surface area contributed by atoms with Crippen LogP contribution in [0, 0.1) is 6.92 Å². The Hall–Kier alpha value is -4.04. The summed E-state index contributed by atoms with van der Waals surface area (Å²) in [5.74, 6) is 1.67. The van der Waals surface area contributed by atoms with Gasteiger partial charge < -0.3 is 15.0 Å². The van der Waals surface area contributed by atoms with Crippen molar-refractivity contribution in [3.05, 3.63) is 89.9 Å². The Bertz CT molecular complexity index is 1350. The highest BCUT2D eigenvalue weighted by molar-refractivity contribution is 5.95. The van der Waals surface area contributed by atoms with Crippen molar-refractivity contribution in [3.63, 3.8) is 0 Å². The van der Waals surface area contributed by atoms with Crippen molar-refractivity contribution in [1.29, 1.82) is 0 Å². The molecule has 2 aromatic heterocycles. The zero-order chi connectivity index (χ0) is 25.6. The monoisotopic (exact) mass is 496 g/mol. The Balaban J connectivity index is 1.17. The first-order valence-electron chi connectivity index (χ1n) is 12.7. The van der Waals surface area contributed by atoms with E-state index in [1.54, 1.807) is 24.2 Å². The quantitative estimate of drug-likeness (QED) is 0.393. The van der Waals surface area contributed by atoms with E-state index in [9.17, 15) is 4.79 Å². The summed E-state index contributed by atoms with van der Waals surface area (Å²) in [6, 6.07) is 20.3. The Kier molecular flexibility index (Phi) is 7.56. The van der Waals surface area contributed by atoms with E-state index in [1.807, 2.05) is 37.3 Å². The Labute approximate surface area is 217 Å². The summed E-state index contributed by atoms with van der Waals surface area (Å²) < 4.78 is 6.93. The topological polar surface area (TPSA) is 85.2 Å². The van der Waals surface area contributed by atoms with E-state index < -0.39 is 0 Å². The van der Waals surface area contributed by atoms with Gasteiger partial charge in [-0.3, -0.25) is 4.79 Å². The number of piperidine rings is 1. The Morgan fingerprint density at radius 2 is 1.89 bits per heavy atom. The van der Waals surface area contributed by atoms with Gasteiger partial charge in [-0.15, -0.1) is 0 Å². The molecule has 0 unspecified atom stereocenters. The standard InChI is InChI=1S/C29H32N6O2/c1-21-26(28(36)30-15-18-34-16-12-23(13-17-34)22-7-4-3-5-8-22)20-32-35(21)29-31-14-11-27(33-29)24-9-6-10-25(19-24)37-2/h3-11,14,19-20,23H,12-13,15-18H2,1-2H3,(H,30,36). The predicted molar refractivity (Wildman–Crippen MR) is 143 cm³/mol. The molecular formula is C29H32N6O2. The lowest BCUT2D eigenvalue weighted by Crippen LogP contribution is -2.39. The van der Waals surface area contributed by atoms with Crippen molar-refractivity contribution in [2.75, 3.05) is 33.3 Å². The number of rotatable bonds is 8.